The first kappa shape index (κ1) is 30.4. The Kier molecular flexibility index (Phi) is 8.34. The molecule has 0 fully saturated rings. The lowest BCUT2D eigenvalue weighted by Gasteiger charge is -2.30. The number of nitrogens with one attached hydrogen (secondary N) is 1. The molecule has 45 heavy (non-hydrogen) atoms. The van der Waals surface area contributed by atoms with Gasteiger partial charge >= 0.3 is 0 Å². The van der Waals surface area contributed by atoms with Crippen LogP contribution in [0.15, 0.2) is 95.1 Å². The Morgan fingerprint density at radius 1 is 1.13 bits per heavy atom. The Labute approximate surface area is 266 Å². The lowest BCUT2D eigenvalue weighted by Crippen LogP contribution is -2.43. The van der Waals surface area contributed by atoms with Gasteiger partial charge in [-0.15, -0.1) is 0 Å². The number of benzene rings is 2. The van der Waals surface area contributed by atoms with Crippen LogP contribution in [-0.2, 0) is 4.79 Å². The van der Waals surface area contributed by atoms with Crippen molar-refractivity contribution in [3.05, 3.63) is 113 Å². The summed E-state index contributed by atoms with van der Waals surface area (Å²) in [5.41, 5.74) is 1.76. The Hall–Kier alpha value is -4.68. The largest absolute Gasteiger partial charge is 0.496 e. The van der Waals surface area contributed by atoms with E-state index in [9.17, 15) is 14.4 Å². The molecule has 1 N–H and O–H groups in total. The van der Waals surface area contributed by atoms with Gasteiger partial charge in [-0.1, -0.05) is 41.7 Å². The molecule has 5 aromatic rings. The molecule has 0 radical (unpaired) electrons. The SMILES string of the molecule is CCN(CC)C(=O)C1=C(C)N=c2s/c(=C\c3ccc(Sc4nc(C)cc(=O)[nH]4)o3)c(=O)n2[C@@H]1c1c(OC)ccc2ccccc12. The standard InChI is InChI=1S/C33H31N5O5S2/c1-6-37(7-2)31(41)27-19(4)35-33-38(29(27)28-22-11-9-8-10-20(22)12-14-23(28)42-5)30(40)24(44-33)17-21-13-15-26(43-21)45-32-34-18(3)16-25(39)36-32/h8-17,29H,6-7H2,1-5H3,(H,34,36,39)/b24-17-/t29-/m0/s1. The van der Waals surface area contributed by atoms with Gasteiger partial charge in [-0.2, -0.15) is 0 Å². The van der Waals surface area contributed by atoms with Crippen LogP contribution in [0.25, 0.3) is 16.8 Å². The maximum absolute atomic E-state index is 14.3. The molecule has 0 aliphatic carbocycles. The normalized spacial score (nSPS) is 14.9. The van der Waals surface area contributed by atoms with Crippen LogP contribution < -0.4 is 25.2 Å². The second-order valence-electron chi connectivity index (χ2n) is 10.4. The zero-order valence-electron chi connectivity index (χ0n) is 25.4. The zero-order chi connectivity index (χ0) is 31.8. The van der Waals surface area contributed by atoms with Crippen LogP contribution in [0.3, 0.4) is 0 Å². The minimum atomic E-state index is -0.774. The highest BCUT2D eigenvalue weighted by molar-refractivity contribution is 7.99. The molecule has 4 heterocycles. The van der Waals surface area contributed by atoms with Crippen LogP contribution in [0.5, 0.6) is 5.75 Å². The highest BCUT2D eigenvalue weighted by Crippen LogP contribution is 2.40. The smallest absolute Gasteiger partial charge is 0.271 e. The van der Waals surface area contributed by atoms with Crippen molar-refractivity contribution in [1.29, 1.82) is 0 Å². The number of methoxy groups -OCH3 is 1. The van der Waals surface area contributed by atoms with Gasteiger partial charge in [-0.25, -0.2) is 9.98 Å². The molecule has 1 aliphatic rings. The molecular formula is C33H31N5O5S2. The van der Waals surface area contributed by atoms with E-state index in [0.717, 1.165) is 16.3 Å². The first-order valence-electron chi connectivity index (χ1n) is 14.5. The molecule has 0 saturated heterocycles. The number of aromatic nitrogens is 3. The number of fused-ring (bicyclic) bond motifs is 2. The summed E-state index contributed by atoms with van der Waals surface area (Å²) in [6.45, 7) is 8.46. The molecule has 1 amide bonds. The van der Waals surface area contributed by atoms with E-state index in [0.29, 0.717) is 61.1 Å². The monoisotopic (exact) mass is 641 g/mol. The fourth-order valence-electron chi connectivity index (χ4n) is 5.58. The van der Waals surface area contributed by atoms with Crippen molar-refractivity contribution in [3.63, 3.8) is 0 Å². The third-order valence-corrected chi connectivity index (χ3v) is 9.44. The molecule has 0 spiro atoms. The number of carbonyl (C=O) groups excluding carboxylic acids is 1. The summed E-state index contributed by atoms with van der Waals surface area (Å²) in [5, 5.41) is 2.76. The molecule has 1 aliphatic heterocycles. The molecule has 230 valence electrons. The Morgan fingerprint density at radius 2 is 1.91 bits per heavy atom. The summed E-state index contributed by atoms with van der Waals surface area (Å²) >= 11 is 2.41. The summed E-state index contributed by atoms with van der Waals surface area (Å²) in [5.74, 6) is 0.849. The molecule has 2 aromatic carbocycles. The summed E-state index contributed by atoms with van der Waals surface area (Å²) in [7, 11) is 1.59. The van der Waals surface area contributed by atoms with E-state index < -0.39 is 6.04 Å². The van der Waals surface area contributed by atoms with Crippen molar-refractivity contribution < 1.29 is 13.9 Å². The van der Waals surface area contributed by atoms with Crippen molar-refractivity contribution in [2.45, 2.75) is 44.0 Å². The minimum absolute atomic E-state index is 0.175. The van der Waals surface area contributed by atoms with Gasteiger partial charge in [0.25, 0.3) is 17.0 Å². The van der Waals surface area contributed by atoms with Gasteiger partial charge in [-0.05, 0) is 68.4 Å². The van der Waals surface area contributed by atoms with Crippen molar-refractivity contribution in [2.75, 3.05) is 20.2 Å². The number of hydrogen-bond donors (Lipinski definition) is 1. The van der Waals surface area contributed by atoms with Crippen molar-refractivity contribution in [3.8, 4) is 5.75 Å². The van der Waals surface area contributed by atoms with E-state index in [1.54, 1.807) is 41.7 Å². The molecule has 3 aromatic heterocycles. The number of hydrogen-bond acceptors (Lipinski definition) is 9. The van der Waals surface area contributed by atoms with Crippen LogP contribution in [-0.4, -0.2) is 45.5 Å². The van der Waals surface area contributed by atoms with Crippen LogP contribution in [0.1, 0.15) is 43.8 Å². The van der Waals surface area contributed by atoms with Gasteiger partial charge in [0.2, 0.25) is 0 Å². The van der Waals surface area contributed by atoms with Crippen LogP contribution in [0.4, 0.5) is 0 Å². The summed E-state index contributed by atoms with van der Waals surface area (Å²) < 4.78 is 13.9. The van der Waals surface area contributed by atoms with Gasteiger partial charge in [-0.3, -0.25) is 19.0 Å². The Balaban J connectivity index is 1.52. The van der Waals surface area contributed by atoms with Crippen molar-refractivity contribution >= 4 is 45.9 Å². The van der Waals surface area contributed by atoms with Gasteiger partial charge in [0.1, 0.15) is 17.6 Å². The van der Waals surface area contributed by atoms with E-state index in [4.69, 9.17) is 14.1 Å². The van der Waals surface area contributed by atoms with Crippen LogP contribution in [0.2, 0.25) is 0 Å². The molecule has 12 heteroatoms. The second kappa shape index (κ2) is 12.4. The van der Waals surface area contributed by atoms with Gasteiger partial charge < -0.3 is 19.0 Å². The fourth-order valence-corrected chi connectivity index (χ4v) is 7.41. The number of aromatic amines is 1. The van der Waals surface area contributed by atoms with Crippen LogP contribution >= 0.6 is 23.1 Å². The average molecular weight is 642 g/mol. The zero-order valence-corrected chi connectivity index (χ0v) is 27.0. The summed E-state index contributed by atoms with van der Waals surface area (Å²) in [6, 6.07) is 15.9. The second-order valence-corrected chi connectivity index (χ2v) is 12.4. The van der Waals surface area contributed by atoms with E-state index >= 15 is 0 Å². The minimum Gasteiger partial charge on any atom is -0.496 e. The third kappa shape index (κ3) is 5.67. The maximum Gasteiger partial charge on any atom is 0.271 e. The van der Waals surface area contributed by atoms with E-state index in [-0.39, 0.29) is 17.0 Å². The number of rotatable bonds is 8. The number of aryl methyl sites for hydroxylation is 1. The predicted octanol–water partition coefficient (Wildman–Crippen LogP) is 4.40. The number of furan rings is 1. The third-order valence-electron chi connectivity index (χ3n) is 7.65. The topological polar surface area (TPSA) is 123 Å². The predicted molar refractivity (Wildman–Crippen MR) is 175 cm³/mol. The number of carbonyl (C=O) groups is 1. The van der Waals surface area contributed by atoms with E-state index in [1.165, 1.54) is 29.2 Å². The van der Waals surface area contributed by atoms with Crippen molar-refractivity contribution in [1.82, 2.24) is 19.4 Å². The molecule has 1 atom stereocenters. The van der Waals surface area contributed by atoms with Crippen LogP contribution in [0, 0.1) is 6.92 Å². The number of H-pyrrole nitrogens is 1. The Bertz CT molecular complexity index is 2220. The van der Waals surface area contributed by atoms with E-state index in [1.807, 2.05) is 57.2 Å². The average Bonchev–Trinajstić information content (AvgIpc) is 3.58. The molecule has 6 rings (SSSR count). The number of ether oxygens (including phenoxy) is 1. The number of likely N-dealkylation sites (N-methyl/N-ethyl adjacent to an activating group) is 1. The lowest BCUT2D eigenvalue weighted by molar-refractivity contribution is -0.127. The highest BCUT2D eigenvalue weighted by Gasteiger charge is 2.36. The number of allylic oxidation sites excluding steroid dienone is 1. The summed E-state index contributed by atoms with van der Waals surface area (Å²) in [6.07, 6.45) is 1.67. The lowest BCUT2D eigenvalue weighted by atomic mass is 9.90. The number of amides is 1. The van der Waals surface area contributed by atoms with Crippen molar-refractivity contribution in [2.24, 2.45) is 4.99 Å². The highest BCUT2D eigenvalue weighted by atomic mass is 32.2. The first-order chi connectivity index (χ1) is 21.7. The molecule has 0 saturated carbocycles. The molecule has 0 unspecified atom stereocenters. The molecule has 10 nitrogen and oxygen atoms in total. The number of thiazole rings is 1. The first-order valence-corrected chi connectivity index (χ1v) is 16.1. The van der Waals surface area contributed by atoms with Gasteiger partial charge in [0.05, 0.1) is 22.9 Å². The van der Waals surface area contributed by atoms with E-state index in [2.05, 4.69) is 9.97 Å². The number of nitrogens with zero attached hydrogens (tertiary/aromatic N) is 4. The fraction of sp³-hybridized carbons (Fsp3) is 0.242. The maximum atomic E-state index is 14.3. The van der Waals surface area contributed by atoms with Gasteiger partial charge in [0, 0.05) is 36.5 Å². The Morgan fingerprint density at radius 3 is 2.64 bits per heavy atom. The summed E-state index contributed by atoms with van der Waals surface area (Å²) in [4.78, 5) is 54.3. The van der Waals surface area contributed by atoms with Gasteiger partial charge in [0.15, 0.2) is 15.1 Å². The molecular weight excluding hydrogens is 611 g/mol. The molecule has 0 bridgehead atoms. The quantitative estimate of drug-likeness (QED) is 0.249.